The van der Waals surface area contributed by atoms with Gasteiger partial charge in [-0.15, -0.1) is 0 Å². The lowest BCUT2D eigenvalue weighted by molar-refractivity contribution is 0.585. The quantitative estimate of drug-likeness (QED) is 0.699. The summed E-state index contributed by atoms with van der Waals surface area (Å²) >= 11 is 0. The third kappa shape index (κ3) is 3.36. The molecular weight excluding hydrogens is 352 g/mol. The first-order chi connectivity index (χ1) is 12.5. The average Bonchev–Trinajstić information content (AvgIpc) is 2.67. The fourth-order valence-electron chi connectivity index (χ4n) is 2.96. The van der Waals surface area contributed by atoms with Crippen LogP contribution >= 0.6 is 0 Å². The summed E-state index contributed by atoms with van der Waals surface area (Å²) in [4.78, 5) is 15.4. The Bertz CT molecular complexity index is 1060. The Morgan fingerprint density at radius 2 is 1.81 bits per heavy atom. The maximum atomic E-state index is 11.6. The molecule has 1 fully saturated rings. The number of sulfonamides is 1. The molecule has 1 aliphatic rings. The molecule has 1 saturated heterocycles. The number of hydrogen-bond acceptors (Lipinski definition) is 7. The molecule has 8 nitrogen and oxygen atoms in total. The van der Waals surface area contributed by atoms with Crippen LogP contribution in [0.5, 0.6) is 0 Å². The Morgan fingerprint density at radius 1 is 1.00 bits per heavy atom. The molecule has 3 heterocycles. The van der Waals surface area contributed by atoms with E-state index in [1.807, 2.05) is 18.2 Å². The third-order valence-corrected chi connectivity index (χ3v) is 5.23. The Hall–Kier alpha value is -2.62. The molecule has 0 bridgehead atoms. The predicted molar refractivity (Wildman–Crippen MR) is 99.2 cm³/mol. The normalized spacial score (nSPS) is 15.3. The van der Waals surface area contributed by atoms with Crippen molar-refractivity contribution in [2.75, 3.05) is 31.1 Å². The zero-order valence-corrected chi connectivity index (χ0v) is 14.8. The van der Waals surface area contributed by atoms with Crippen molar-refractivity contribution >= 4 is 26.9 Å². The van der Waals surface area contributed by atoms with Crippen LogP contribution < -0.4 is 15.4 Å². The molecular formula is C17H18N6O2S. The summed E-state index contributed by atoms with van der Waals surface area (Å²) in [5.41, 5.74) is 3.00. The van der Waals surface area contributed by atoms with Gasteiger partial charge < -0.3 is 10.2 Å². The number of piperazine rings is 1. The standard InChI is InChI=1S/C17H18N6O2S/c18-26(24,25)14-7-13(9-20-10-14)12-1-2-15-16(8-12)22-17(11-21-15)23-5-3-19-4-6-23/h1-2,7-11,19H,3-6H2,(H2,18,24,25). The molecule has 26 heavy (non-hydrogen) atoms. The molecule has 0 saturated carbocycles. The molecule has 0 atom stereocenters. The zero-order chi connectivity index (χ0) is 18.1. The number of hydrogen-bond donors (Lipinski definition) is 2. The van der Waals surface area contributed by atoms with E-state index in [0.29, 0.717) is 5.56 Å². The largest absolute Gasteiger partial charge is 0.353 e. The number of rotatable bonds is 3. The number of aromatic nitrogens is 3. The molecule has 0 radical (unpaired) electrons. The van der Waals surface area contributed by atoms with Crippen LogP contribution in [0.2, 0.25) is 0 Å². The molecule has 3 N–H and O–H groups in total. The number of benzene rings is 1. The van der Waals surface area contributed by atoms with Crippen LogP contribution in [0.15, 0.2) is 47.8 Å². The zero-order valence-electron chi connectivity index (χ0n) is 14.0. The molecule has 134 valence electrons. The molecule has 0 amide bonds. The van der Waals surface area contributed by atoms with Crippen LogP contribution in [0, 0.1) is 0 Å². The van der Waals surface area contributed by atoms with Gasteiger partial charge in [-0.2, -0.15) is 0 Å². The summed E-state index contributed by atoms with van der Waals surface area (Å²) in [6, 6.07) is 7.13. The first-order valence-corrected chi connectivity index (χ1v) is 9.76. The van der Waals surface area contributed by atoms with Gasteiger partial charge in [0, 0.05) is 44.1 Å². The lowest BCUT2D eigenvalue weighted by Crippen LogP contribution is -2.43. The van der Waals surface area contributed by atoms with Crippen molar-refractivity contribution in [3.63, 3.8) is 0 Å². The monoisotopic (exact) mass is 370 g/mol. The third-order valence-electron chi connectivity index (χ3n) is 4.35. The van der Waals surface area contributed by atoms with Crippen molar-refractivity contribution in [1.82, 2.24) is 20.3 Å². The maximum absolute atomic E-state index is 11.6. The summed E-state index contributed by atoms with van der Waals surface area (Å²) in [7, 11) is -3.80. The second-order valence-corrected chi connectivity index (χ2v) is 7.68. The molecule has 1 aliphatic heterocycles. The van der Waals surface area contributed by atoms with Crippen molar-refractivity contribution in [3.05, 3.63) is 42.9 Å². The molecule has 0 spiro atoms. The minimum absolute atomic E-state index is 0.0178. The molecule has 1 aromatic carbocycles. The van der Waals surface area contributed by atoms with Crippen LogP contribution in [0.25, 0.3) is 22.2 Å². The van der Waals surface area contributed by atoms with E-state index in [9.17, 15) is 8.42 Å². The van der Waals surface area contributed by atoms with Crippen LogP contribution in [-0.4, -0.2) is 49.5 Å². The second-order valence-electron chi connectivity index (χ2n) is 6.12. The molecule has 3 aromatic rings. The van der Waals surface area contributed by atoms with Gasteiger partial charge in [-0.05, 0) is 23.8 Å². The number of nitrogens with two attached hydrogens (primary N) is 1. The second kappa shape index (κ2) is 6.60. The van der Waals surface area contributed by atoms with Gasteiger partial charge in [0.05, 0.1) is 17.2 Å². The number of fused-ring (bicyclic) bond motifs is 1. The van der Waals surface area contributed by atoms with E-state index < -0.39 is 10.0 Å². The Kier molecular flexibility index (Phi) is 4.27. The first kappa shape index (κ1) is 16.8. The van der Waals surface area contributed by atoms with E-state index in [1.165, 1.54) is 12.3 Å². The fourth-order valence-corrected chi connectivity index (χ4v) is 3.46. The lowest BCUT2D eigenvalue weighted by Gasteiger charge is -2.28. The smallest absolute Gasteiger partial charge is 0.239 e. The number of anilines is 1. The van der Waals surface area contributed by atoms with Gasteiger partial charge in [-0.25, -0.2) is 18.5 Å². The van der Waals surface area contributed by atoms with E-state index in [0.717, 1.165) is 48.6 Å². The van der Waals surface area contributed by atoms with Gasteiger partial charge >= 0.3 is 0 Å². The number of pyridine rings is 1. The number of nitrogens with one attached hydrogen (secondary N) is 1. The van der Waals surface area contributed by atoms with E-state index in [4.69, 9.17) is 10.1 Å². The van der Waals surface area contributed by atoms with Gasteiger partial charge in [0.1, 0.15) is 10.7 Å². The summed E-state index contributed by atoms with van der Waals surface area (Å²) in [5, 5.41) is 8.51. The highest BCUT2D eigenvalue weighted by Crippen LogP contribution is 2.25. The van der Waals surface area contributed by atoms with Crippen molar-refractivity contribution in [3.8, 4) is 11.1 Å². The van der Waals surface area contributed by atoms with E-state index in [2.05, 4.69) is 20.2 Å². The summed E-state index contributed by atoms with van der Waals surface area (Å²) < 4.78 is 23.1. The molecule has 0 aliphatic carbocycles. The van der Waals surface area contributed by atoms with Crippen LogP contribution in [-0.2, 0) is 10.0 Å². The highest BCUT2D eigenvalue weighted by Gasteiger charge is 2.14. The van der Waals surface area contributed by atoms with Crippen LogP contribution in [0.3, 0.4) is 0 Å². The Balaban J connectivity index is 1.75. The van der Waals surface area contributed by atoms with Crippen LogP contribution in [0.4, 0.5) is 5.82 Å². The van der Waals surface area contributed by atoms with Gasteiger partial charge in [-0.3, -0.25) is 9.97 Å². The fraction of sp³-hybridized carbons (Fsp3) is 0.235. The van der Waals surface area contributed by atoms with Crippen molar-refractivity contribution < 1.29 is 8.42 Å². The number of nitrogens with zero attached hydrogens (tertiary/aromatic N) is 4. The highest BCUT2D eigenvalue weighted by atomic mass is 32.2. The summed E-state index contributed by atoms with van der Waals surface area (Å²) in [6.07, 6.45) is 4.63. The summed E-state index contributed by atoms with van der Waals surface area (Å²) in [5.74, 6) is 0.840. The van der Waals surface area contributed by atoms with Gasteiger partial charge in [0.15, 0.2) is 0 Å². The molecule has 4 rings (SSSR count). The van der Waals surface area contributed by atoms with Crippen molar-refractivity contribution in [2.24, 2.45) is 5.14 Å². The van der Waals surface area contributed by atoms with Crippen LogP contribution in [0.1, 0.15) is 0 Å². The topological polar surface area (TPSA) is 114 Å². The highest BCUT2D eigenvalue weighted by molar-refractivity contribution is 7.89. The minimum atomic E-state index is -3.80. The first-order valence-electron chi connectivity index (χ1n) is 8.21. The van der Waals surface area contributed by atoms with Gasteiger partial charge in [0.25, 0.3) is 0 Å². The van der Waals surface area contributed by atoms with E-state index in [-0.39, 0.29) is 4.90 Å². The summed E-state index contributed by atoms with van der Waals surface area (Å²) in [6.45, 7) is 3.62. The Labute approximate surface area is 151 Å². The SMILES string of the molecule is NS(=O)(=O)c1cncc(-c2ccc3ncc(N4CCNCC4)nc3c2)c1. The minimum Gasteiger partial charge on any atom is -0.353 e. The maximum Gasteiger partial charge on any atom is 0.239 e. The predicted octanol–water partition coefficient (Wildman–Crippen LogP) is 0.749. The van der Waals surface area contributed by atoms with E-state index >= 15 is 0 Å². The van der Waals surface area contributed by atoms with E-state index in [1.54, 1.807) is 12.4 Å². The molecule has 9 heteroatoms. The Morgan fingerprint density at radius 3 is 2.58 bits per heavy atom. The number of primary sulfonamides is 1. The molecule has 2 aromatic heterocycles. The van der Waals surface area contributed by atoms with Gasteiger partial charge in [0.2, 0.25) is 10.0 Å². The lowest BCUT2D eigenvalue weighted by atomic mass is 10.1. The van der Waals surface area contributed by atoms with Crippen molar-refractivity contribution in [2.45, 2.75) is 4.90 Å². The van der Waals surface area contributed by atoms with Gasteiger partial charge in [-0.1, -0.05) is 6.07 Å². The average molecular weight is 370 g/mol. The molecule has 0 unspecified atom stereocenters. The van der Waals surface area contributed by atoms with Crippen molar-refractivity contribution in [1.29, 1.82) is 0 Å².